The molecular weight excluding hydrogens is 303 g/mol. The van der Waals surface area contributed by atoms with Crippen molar-refractivity contribution in [3.05, 3.63) is 47.9 Å². The Kier molecular flexibility index (Phi) is 4.87. The molecule has 23 heavy (non-hydrogen) atoms. The number of halogens is 1. The van der Waals surface area contributed by atoms with Crippen molar-refractivity contribution in [2.75, 3.05) is 19.8 Å². The van der Waals surface area contributed by atoms with Crippen molar-refractivity contribution in [1.29, 1.82) is 0 Å². The molecule has 3 rings (SSSR count). The maximum atomic E-state index is 13.0. The van der Waals surface area contributed by atoms with Gasteiger partial charge in [0.05, 0.1) is 6.61 Å². The summed E-state index contributed by atoms with van der Waals surface area (Å²) in [6.45, 7) is 1.99. The van der Waals surface area contributed by atoms with Gasteiger partial charge in [-0.25, -0.2) is 9.37 Å². The molecule has 1 amide bonds. The lowest BCUT2D eigenvalue weighted by atomic mass is 10.1. The van der Waals surface area contributed by atoms with E-state index in [4.69, 9.17) is 13.9 Å². The predicted octanol–water partition coefficient (Wildman–Crippen LogP) is 2.16. The molecule has 1 aliphatic heterocycles. The number of carbonyl (C=O) groups is 1. The molecule has 1 atom stereocenters. The van der Waals surface area contributed by atoms with Crippen LogP contribution in [-0.4, -0.2) is 30.6 Å². The molecule has 2 aromatic rings. The second-order valence-corrected chi connectivity index (χ2v) is 5.31. The standard InChI is InChI=1S/C16H17FN2O4/c17-12-2-1-3-13(6-12)22-10-15-19-14(9-23-15)16(20)18-7-11-4-5-21-8-11/h1-3,6,9,11H,4-5,7-8,10H2,(H,18,20). The zero-order valence-electron chi connectivity index (χ0n) is 12.5. The third kappa shape index (κ3) is 4.29. The first-order valence-electron chi connectivity index (χ1n) is 7.39. The molecule has 1 saturated heterocycles. The summed E-state index contributed by atoms with van der Waals surface area (Å²) in [5, 5.41) is 2.80. The van der Waals surface area contributed by atoms with Crippen LogP contribution in [0, 0.1) is 11.7 Å². The van der Waals surface area contributed by atoms with Crippen molar-refractivity contribution in [2.45, 2.75) is 13.0 Å². The van der Waals surface area contributed by atoms with Gasteiger partial charge in [-0.2, -0.15) is 0 Å². The predicted molar refractivity (Wildman–Crippen MR) is 78.5 cm³/mol. The zero-order valence-corrected chi connectivity index (χ0v) is 12.5. The Labute approximate surface area is 132 Å². The van der Waals surface area contributed by atoms with Crippen molar-refractivity contribution >= 4 is 5.91 Å². The average Bonchev–Trinajstić information content (AvgIpc) is 3.22. The molecule has 1 aromatic carbocycles. The van der Waals surface area contributed by atoms with Gasteiger partial charge in [-0.3, -0.25) is 4.79 Å². The van der Waals surface area contributed by atoms with Gasteiger partial charge < -0.3 is 19.2 Å². The lowest BCUT2D eigenvalue weighted by Crippen LogP contribution is -2.29. The van der Waals surface area contributed by atoms with Crippen LogP contribution in [0.5, 0.6) is 5.75 Å². The second-order valence-electron chi connectivity index (χ2n) is 5.31. The normalized spacial score (nSPS) is 17.2. The number of nitrogens with zero attached hydrogens (tertiary/aromatic N) is 1. The lowest BCUT2D eigenvalue weighted by molar-refractivity contribution is 0.0940. The van der Waals surface area contributed by atoms with E-state index in [9.17, 15) is 9.18 Å². The molecule has 1 fully saturated rings. The topological polar surface area (TPSA) is 73.6 Å². The van der Waals surface area contributed by atoms with E-state index in [1.807, 2.05) is 0 Å². The molecule has 6 nitrogen and oxygen atoms in total. The van der Waals surface area contributed by atoms with Crippen LogP contribution in [0.4, 0.5) is 4.39 Å². The maximum Gasteiger partial charge on any atom is 0.273 e. The van der Waals surface area contributed by atoms with E-state index in [0.717, 1.165) is 13.0 Å². The summed E-state index contributed by atoms with van der Waals surface area (Å²) in [7, 11) is 0. The first-order chi connectivity index (χ1) is 11.2. The third-order valence-electron chi connectivity index (χ3n) is 3.52. The molecule has 7 heteroatoms. The van der Waals surface area contributed by atoms with Gasteiger partial charge in [0.25, 0.3) is 5.91 Å². The second kappa shape index (κ2) is 7.23. The summed E-state index contributed by atoms with van der Waals surface area (Å²) in [4.78, 5) is 16.0. The Morgan fingerprint density at radius 3 is 3.17 bits per heavy atom. The highest BCUT2D eigenvalue weighted by Gasteiger charge is 2.18. The SMILES string of the molecule is O=C(NCC1CCOC1)c1coc(COc2cccc(F)c2)n1. The van der Waals surface area contributed by atoms with Crippen molar-refractivity contribution < 1.29 is 23.1 Å². The molecule has 0 radical (unpaired) electrons. The fourth-order valence-electron chi connectivity index (χ4n) is 2.26. The highest BCUT2D eigenvalue weighted by molar-refractivity contribution is 5.91. The minimum atomic E-state index is -0.383. The largest absolute Gasteiger partial charge is 0.484 e. The number of ether oxygens (including phenoxy) is 2. The van der Waals surface area contributed by atoms with Gasteiger partial charge in [-0.15, -0.1) is 0 Å². The number of oxazole rings is 1. The first-order valence-corrected chi connectivity index (χ1v) is 7.39. The zero-order chi connectivity index (χ0) is 16.1. The number of carbonyl (C=O) groups excluding carboxylic acids is 1. The molecule has 0 aliphatic carbocycles. The van der Waals surface area contributed by atoms with Crippen LogP contribution in [0.1, 0.15) is 22.8 Å². The van der Waals surface area contributed by atoms with E-state index in [1.54, 1.807) is 12.1 Å². The van der Waals surface area contributed by atoms with E-state index in [-0.39, 0.29) is 29.9 Å². The summed E-state index contributed by atoms with van der Waals surface area (Å²) < 4.78 is 28.8. The highest BCUT2D eigenvalue weighted by Crippen LogP contribution is 2.14. The van der Waals surface area contributed by atoms with Crippen LogP contribution in [0.15, 0.2) is 34.9 Å². The van der Waals surface area contributed by atoms with Crippen molar-refractivity contribution in [1.82, 2.24) is 10.3 Å². The maximum absolute atomic E-state index is 13.0. The Morgan fingerprint density at radius 1 is 1.48 bits per heavy atom. The average molecular weight is 320 g/mol. The number of amides is 1. The summed E-state index contributed by atoms with van der Waals surface area (Å²) in [6, 6.07) is 5.77. The van der Waals surface area contributed by atoms with Crippen LogP contribution in [0.2, 0.25) is 0 Å². The molecular formula is C16H17FN2O4. The molecule has 1 unspecified atom stereocenters. The number of aromatic nitrogens is 1. The molecule has 122 valence electrons. The molecule has 0 bridgehead atoms. The minimum Gasteiger partial charge on any atom is -0.484 e. The molecule has 1 aliphatic rings. The Hall–Kier alpha value is -2.41. The fraction of sp³-hybridized carbons (Fsp3) is 0.375. The van der Waals surface area contributed by atoms with Crippen molar-refractivity contribution in [3.63, 3.8) is 0 Å². The van der Waals surface area contributed by atoms with Crippen LogP contribution < -0.4 is 10.1 Å². The monoisotopic (exact) mass is 320 g/mol. The van der Waals surface area contributed by atoms with E-state index < -0.39 is 0 Å². The molecule has 1 aromatic heterocycles. The van der Waals surface area contributed by atoms with Crippen LogP contribution in [0.25, 0.3) is 0 Å². The quantitative estimate of drug-likeness (QED) is 0.883. The van der Waals surface area contributed by atoms with Gasteiger partial charge in [0, 0.05) is 25.1 Å². The van der Waals surface area contributed by atoms with Gasteiger partial charge >= 0.3 is 0 Å². The van der Waals surface area contributed by atoms with Gasteiger partial charge in [-0.05, 0) is 18.6 Å². The van der Waals surface area contributed by atoms with Crippen molar-refractivity contribution in [2.24, 2.45) is 5.92 Å². The first kappa shape index (κ1) is 15.5. The molecule has 2 heterocycles. The van der Waals surface area contributed by atoms with E-state index in [0.29, 0.717) is 24.8 Å². The smallest absolute Gasteiger partial charge is 0.273 e. The fourth-order valence-corrected chi connectivity index (χ4v) is 2.26. The summed E-state index contributed by atoms with van der Waals surface area (Å²) in [6.07, 6.45) is 2.23. The van der Waals surface area contributed by atoms with Crippen LogP contribution in [0.3, 0.4) is 0 Å². The Balaban J connectivity index is 1.49. The number of rotatable bonds is 6. The molecule has 1 N–H and O–H groups in total. The Bertz CT molecular complexity index is 668. The number of nitrogens with one attached hydrogen (secondary N) is 1. The summed E-state index contributed by atoms with van der Waals surface area (Å²) in [5.74, 6) is 0.296. The van der Waals surface area contributed by atoms with E-state index in [2.05, 4.69) is 10.3 Å². The molecule has 0 spiro atoms. The summed E-state index contributed by atoms with van der Waals surface area (Å²) in [5.41, 5.74) is 0.196. The van der Waals surface area contributed by atoms with E-state index >= 15 is 0 Å². The third-order valence-corrected chi connectivity index (χ3v) is 3.52. The van der Waals surface area contributed by atoms with Crippen molar-refractivity contribution in [3.8, 4) is 5.75 Å². The number of benzene rings is 1. The van der Waals surface area contributed by atoms with Gasteiger partial charge in [0.1, 0.15) is 17.8 Å². The van der Waals surface area contributed by atoms with Crippen LogP contribution in [-0.2, 0) is 11.3 Å². The number of hydrogen-bond acceptors (Lipinski definition) is 5. The summed E-state index contributed by atoms with van der Waals surface area (Å²) >= 11 is 0. The van der Waals surface area contributed by atoms with Gasteiger partial charge in [-0.1, -0.05) is 6.07 Å². The Morgan fingerprint density at radius 2 is 2.39 bits per heavy atom. The molecule has 0 saturated carbocycles. The minimum absolute atomic E-state index is 0.0210. The lowest BCUT2D eigenvalue weighted by Gasteiger charge is -2.07. The van der Waals surface area contributed by atoms with E-state index in [1.165, 1.54) is 18.4 Å². The number of hydrogen-bond donors (Lipinski definition) is 1. The van der Waals surface area contributed by atoms with Gasteiger partial charge in [0.2, 0.25) is 5.89 Å². The highest BCUT2D eigenvalue weighted by atomic mass is 19.1. The van der Waals surface area contributed by atoms with Gasteiger partial charge in [0.15, 0.2) is 12.3 Å². The van der Waals surface area contributed by atoms with Crippen LogP contribution >= 0.6 is 0 Å².